The van der Waals surface area contributed by atoms with Crippen LogP contribution in [0.1, 0.15) is 32.1 Å². The number of carbonyl (C=O) groups is 1. The minimum absolute atomic E-state index is 0. The van der Waals surface area contributed by atoms with E-state index in [2.05, 4.69) is 11.9 Å². The first-order valence-electron chi connectivity index (χ1n) is 6.80. The van der Waals surface area contributed by atoms with Crippen LogP contribution >= 0.6 is 12.4 Å². The summed E-state index contributed by atoms with van der Waals surface area (Å²) < 4.78 is 0. The fourth-order valence-electron chi connectivity index (χ4n) is 3.12. The Kier molecular flexibility index (Phi) is 5.89. The van der Waals surface area contributed by atoms with E-state index in [4.69, 9.17) is 5.73 Å². The van der Waals surface area contributed by atoms with Crippen LogP contribution in [-0.2, 0) is 4.79 Å². The van der Waals surface area contributed by atoms with Crippen molar-refractivity contribution in [2.75, 3.05) is 27.2 Å². The molecule has 1 amide bonds. The van der Waals surface area contributed by atoms with E-state index in [0.717, 1.165) is 45.2 Å². The minimum Gasteiger partial charge on any atom is -0.342 e. The molecule has 2 N–H and O–H groups in total. The summed E-state index contributed by atoms with van der Waals surface area (Å²) in [4.78, 5) is 16.7. The second-order valence-corrected chi connectivity index (χ2v) is 5.68. The first-order chi connectivity index (χ1) is 8.09. The first kappa shape index (κ1) is 15.7. The number of nitrogens with two attached hydrogens (primary N) is 1. The van der Waals surface area contributed by atoms with Gasteiger partial charge < -0.3 is 15.5 Å². The van der Waals surface area contributed by atoms with Gasteiger partial charge in [0.15, 0.2) is 0 Å². The van der Waals surface area contributed by atoms with Crippen LogP contribution in [0.2, 0.25) is 0 Å². The summed E-state index contributed by atoms with van der Waals surface area (Å²) in [6.07, 6.45) is 5.30. The lowest BCUT2D eigenvalue weighted by Gasteiger charge is -2.36. The number of piperidine rings is 1. The third-order valence-electron chi connectivity index (χ3n) is 4.47. The third-order valence-corrected chi connectivity index (χ3v) is 4.47. The van der Waals surface area contributed by atoms with Crippen LogP contribution in [-0.4, -0.2) is 55.0 Å². The Balaban J connectivity index is 0.00000162. The summed E-state index contributed by atoms with van der Waals surface area (Å²) >= 11 is 0. The zero-order chi connectivity index (χ0) is 12.4. The minimum atomic E-state index is 0. The lowest BCUT2D eigenvalue weighted by molar-refractivity contribution is -0.137. The molecule has 2 fully saturated rings. The van der Waals surface area contributed by atoms with E-state index in [9.17, 15) is 4.79 Å². The Morgan fingerprint density at radius 2 is 1.83 bits per heavy atom. The van der Waals surface area contributed by atoms with Gasteiger partial charge in [0, 0.05) is 19.1 Å². The van der Waals surface area contributed by atoms with Gasteiger partial charge in [0.05, 0.1) is 5.92 Å². The molecule has 2 unspecified atom stereocenters. The fourth-order valence-corrected chi connectivity index (χ4v) is 3.12. The topological polar surface area (TPSA) is 49.6 Å². The molecule has 0 aromatic heterocycles. The summed E-state index contributed by atoms with van der Waals surface area (Å²) in [7, 11) is 4.11. The molecule has 0 radical (unpaired) electrons. The molecule has 1 aliphatic heterocycles. The van der Waals surface area contributed by atoms with Crippen molar-refractivity contribution < 1.29 is 4.79 Å². The molecule has 0 aromatic carbocycles. The molecular formula is C13H26ClN3O. The second kappa shape index (κ2) is 6.73. The third kappa shape index (κ3) is 3.37. The summed E-state index contributed by atoms with van der Waals surface area (Å²) in [6, 6.07) is 0.516. The summed E-state index contributed by atoms with van der Waals surface area (Å²) in [5.41, 5.74) is 6.01. The molecule has 4 nitrogen and oxygen atoms in total. The number of amides is 1. The average molecular weight is 276 g/mol. The van der Waals surface area contributed by atoms with Gasteiger partial charge in [-0.15, -0.1) is 12.4 Å². The van der Waals surface area contributed by atoms with E-state index in [0.29, 0.717) is 6.04 Å². The summed E-state index contributed by atoms with van der Waals surface area (Å²) in [5, 5.41) is 0. The van der Waals surface area contributed by atoms with Crippen LogP contribution in [0.4, 0.5) is 0 Å². The van der Waals surface area contributed by atoms with Crippen LogP contribution < -0.4 is 5.73 Å². The number of nitrogens with zero attached hydrogens (tertiary/aromatic N) is 2. The van der Waals surface area contributed by atoms with Crippen LogP contribution in [0, 0.1) is 5.92 Å². The molecule has 106 valence electrons. The second-order valence-electron chi connectivity index (χ2n) is 5.68. The maximum atomic E-state index is 12.4. The first-order valence-corrected chi connectivity index (χ1v) is 6.80. The number of hydrogen-bond donors (Lipinski definition) is 1. The van der Waals surface area contributed by atoms with E-state index < -0.39 is 0 Å². The molecule has 1 aliphatic carbocycles. The number of rotatable bonds is 2. The molecule has 2 atom stereocenters. The summed E-state index contributed by atoms with van der Waals surface area (Å²) in [6.45, 7) is 2.19. The van der Waals surface area contributed by atoms with Crippen molar-refractivity contribution in [2.45, 2.75) is 44.2 Å². The highest BCUT2D eigenvalue weighted by molar-refractivity contribution is 5.85. The number of hydrogen-bond acceptors (Lipinski definition) is 3. The van der Waals surface area contributed by atoms with Gasteiger partial charge in [-0.25, -0.2) is 0 Å². The number of carbonyl (C=O) groups excluding carboxylic acids is 1. The molecule has 2 rings (SSSR count). The zero-order valence-corrected chi connectivity index (χ0v) is 12.3. The van der Waals surface area contributed by atoms with Crippen molar-refractivity contribution in [1.29, 1.82) is 0 Å². The van der Waals surface area contributed by atoms with Gasteiger partial charge in [-0.05, 0) is 45.8 Å². The van der Waals surface area contributed by atoms with E-state index in [1.54, 1.807) is 0 Å². The standard InChI is InChI=1S/C13H25N3O.ClH/c1-15-8-6-10(7-9-15)16(2)13(17)11-4-3-5-12(11)14;/h10-12H,3-9,14H2,1-2H3;1H. The van der Waals surface area contributed by atoms with Gasteiger partial charge in [0.25, 0.3) is 0 Å². The molecule has 0 spiro atoms. The van der Waals surface area contributed by atoms with Gasteiger partial charge in [-0.1, -0.05) is 6.42 Å². The van der Waals surface area contributed by atoms with Crippen LogP contribution in [0.3, 0.4) is 0 Å². The van der Waals surface area contributed by atoms with E-state index in [1.165, 1.54) is 0 Å². The molecule has 0 bridgehead atoms. The number of halogens is 1. The Morgan fingerprint density at radius 1 is 1.22 bits per heavy atom. The lowest BCUT2D eigenvalue weighted by atomic mass is 9.98. The van der Waals surface area contributed by atoms with Crippen LogP contribution in [0.25, 0.3) is 0 Å². The van der Waals surface area contributed by atoms with Crippen molar-refractivity contribution in [2.24, 2.45) is 11.7 Å². The molecule has 2 aliphatic rings. The molecule has 1 saturated heterocycles. The predicted molar refractivity (Wildman–Crippen MR) is 75.9 cm³/mol. The number of likely N-dealkylation sites (tertiary alicyclic amines) is 1. The van der Waals surface area contributed by atoms with Crippen molar-refractivity contribution in [3.63, 3.8) is 0 Å². The van der Waals surface area contributed by atoms with Crippen LogP contribution in [0.15, 0.2) is 0 Å². The predicted octanol–water partition coefficient (Wildman–Crippen LogP) is 1.09. The smallest absolute Gasteiger partial charge is 0.227 e. The van der Waals surface area contributed by atoms with Gasteiger partial charge in [0.2, 0.25) is 5.91 Å². The highest BCUT2D eigenvalue weighted by atomic mass is 35.5. The van der Waals surface area contributed by atoms with Crippen molar-refractivity contribution in [3.05, 3.63) is 0 Å². The quantitative estimate of drug-likeness (QED) is 0.821. The normalized spacial score (nSPS) is 29.9. The molecule has 5 heteroatoms. The van der Waals surface area contributed by atoms with Crippen molar-refractivity contribution in [3.8, 4) is 0 Å². The Bertz CT molecular complexity index is 279. The molecule has 18 heavy (non-hydrogen) atoms. The molecular weight excluding hydrogens is 250 g/mol. The maximum Gasteiger partial charge on any atom is 0.227 e. The SMILES string of the molecule is CN1CCC(N(C)C(=O)C2CCCC2N)CC1.Cl. The van der Waals surface area contributed by atoms with E-state index in [1.807, 2.05) is 11.9 Å². The fraction of sp³-hybridized carbons (Fsp3) is 0.923. The van der Waals surface area contributed by atoms with Gasteiger partial charge in [-0.2, -0.15) is 0 Å². The van der Waals surface area contributed by atoms with Crippen molar-refractivity contribution in [1.82, 2.24) is 9.80 Å². The van der Waals surface area contributed by atoms with Gasteiger partial charge >= 0.3 is 0 Å². The summed E-state index contributed by atoms with van der Waals surface area (Å²) in [5.74, 6) is 0.365. The largest absolute Gasteiger partial charge is 0.342 e. The lowest BCUT2D eigenvalue weighted by Crippen LogP contribution is -2.48. The van der Waals surface area contributed by atoms with Gasteiger partial charge in [-0.3, -0.25) is 4.79 Å². The zero-order valence-electron chi connectivity index (χ0n) is 11.5. The average Bonchev–Trinajstić information content (AvgIpc) is 2.74. The highest BCUT2D eigenvalue weighted by Gasteiger charge is 2.34. The molecule has 0 aromatic rings. The maximum absolute atomic E-state index is 12.4. The van der Waals surface area contributed by atoms with Crippen molar-refractivity contribution >= 4 is 18.3 Å². The Labute approximate surface area is 116 Å². The molecule has 1 heterocycles. The highest BCUT2D eigenvalue weighted by Crippen LogP contribution is 2.27. The molecule has 1 saturated carbocycles. The van der Waals surface area contributed by atoms with Gasteiger partial charge in [0.1, 0.15) is 0 Å². The van der Waals surface area contributed by atoms with Crippen LogP contribution in [0.5, 0.6) is 0 Å². The Hall–Kier alpha value is -0.320. The van der Waals surface area contributed by atoms with E-state index in [-0.39, 0.29) is 30.3 Å². The van der Waals surface area contributed by atoms with E-state index >= 15 is 0 Å². The monoisotopic (exact) mass is 275 g/mol. The Morgan fingerprint density at radius 3 is 2.33 bits per heavy atom.